The lowest BCUT2D eigenvalue weighted by Gasteiger charge is -2.34. The molecule has 0 amide bonds. The molecule has 0 aliphatic carbocycles. The number of nitrogen functional groups attached to an aromatic ring is 1. The lowest BCUT2D eigenvalue weighted by Crippen LogP contribution is -2.36. The van der Waals surface area contributed by atoms with E-state index in [9.17, 15) is 28.6 Å². The number of aromatic amines is 1. The van der Waals surface area contributed by atoms with E-state index >= 15 is 4.39 Å². The largest absolute Gasteiger partial charge is 0.780 e. The van der Waals surface area contributed by atoms with Crippen molar-refractivity contribution in [3.63, 3.8) is 0 Å². The van der Waals surface area contributed by atoms with Gasteiger partial charge >= 0.3 is 0 Å². The highest BCUT2D eigenvalue weighted by Crippen LogP contribution is 2.51. The van der Waals surface area contributed by atoms with Crippen molar-refractivity contribution >= 4 is 54.4 Å². The first-order chi connectivity index (χ1) is 21.3. The van der Waals surface area contributed by atoms with Gasteiger partial charge in [-0.05, 0) is 0 Å². The first-order valence-corrected chi connectivity index (χ1v) is 16.9. The van der Waals surface area contributed by atoms with Crippen LogP contribution in [-0.4, -0.2) is 89.1 Å². The summed E-state index contributed by atoms with van der Waals surface area (Å²) in [6, 6.07) is 0. The summed E-state index contributed by atoms with van der Waals surface area (Å²) in [7, 11) is -5.42. The smallest absolute Gasteiger partial charge is 0.268 e. The summed E-state index contributed by atoms with van der Waals surface area (Å²) in [5.41, 5.74) is 4.88. The highest BCUT2D eigenvalue weighted by atomic mass is 32.5. The number of rotatable bonds is 2. The van der Waals surface area contributed by atoms with Crippen LogP contribution in [0.1, 0.15) is 12.5 Å². The minimum Gasteiger partial charge on any atom is -0.780 e. The number of alkyl halides is 1. The quantitative estimate of drug-likeness (QED) is 0.205. The van der Waals surface area contributed by atoms with Gasteiger partial charge in [0.1, 0.15) is 54.5 Å². The average molecular weight is 692 g/mol. The summed E-state index contributed by atoms with van der Waals surface area (Å²) in [5.74, 6) is -1.03. The number of hydrogen-bond donors (Lipinski definition) is 3. The summed E-state index contributed by atoms with van der Waals surface area (Å²) >= 11 is 4.97. The number of hydrogen-bond acceptors (Lipinski definition) is 17. The maximum absolute atomic E-state index is 15.9. The monoisotopic (exact) mass is 692 g/mol. The molecule has 4 aromatic heterocycles. The fraction of sp³-hybridized carbons (Fsp3) is 0.476. The predicted molar refractivity (Wildman–Crippen MR) is 142 cm³/mol. The van der Waals surface area contributed by atoms with Gasteiger partial charge in [0, 0.05) is 6.20 Å². The molecule has 7 rings (SSSR count). The number of nitrogens with zero attached hydrogens (tertiary/aromatic N) is 6. The van der Waals surface area contributed by atoms with Crippen molar-refractivity contribution < 1.29 is 55.8 Å². The number of H-pyrrole nitrogens is 1. The molecule has 0 radical (unpaired) electrons. The molecule has 0 saturated carbocycles. The number of halogens is 2. The molecule has 0 aromatic carbocycles. The molecule has 3 aliphatic rings. The van der Waals surface area contributed by atoms with Crippen LogP contribution >= 0.6 is 14.5 Å². The molecule has 3 aliphatic heterocycles. The van der Waals surface area contributed by atoms with Gasteiger partial charge in [0.25, 0.3) is 13.4 Å². The molecule has 24 heteroatoms. The second-order valence-corrected chi connectivity index (χ2v) is 14.2. The van der Waals surface area contributed by atoms with Crippen molar-refractivity contribution in [1.82, 2.24) is 34.1 Å². The van der Waals surface area contributed by atoms with Crippen LogP contribution < -0.4 is 21.1 Å². The molecular weight excluding hydrogens is 672 g/mol. The normalized spacial score (nSPS) is 37.7. The van der Waals surface area contributed by atoms with Gasteiger partial charge in [-0.15, -0.1) is 0 Å². The summed E-state index contributed by atoms with van der Waals surface area (Å²) in [4.78, 5) is 56.5. The second-order valence-electron chi connectivity index (χ2n) is 10.1. The maximum Gasteiger partial charge on any atom is 0.268 e. The third-order valence-corrected chi connectivity index (χ3v) is 9.89. The molecule has 10 atom stereocenters. The number of aliphatic hydroxyl groups is 1. The number of nitrogens with one attached hydrogen (secondary N) is 1. The fourth-order valence-corrected chi connectivity index (χ4v) is 7.70. The van der Waals surface area contributed by atoms with Crippen molar-refractivity contribution in [2.45, 2.75) is 49.1 Å². The molecule has 7 heterocycles. The van der Waals surface area contributed by atoms with Crippen molar-refractivity contribution in [2.75, 3.05) is 18.9 Å². The number of imidazole rings is 1. The Morgan fingerprint density at radius 3 is 2.60 bits per heavy atom. The fourth-order valence-electron chi connectivity index (χ4n) is 5.36. The Bertz CT molecular complexity index is 1950. The van der Waals surface area contributed by atoms with E-state index in [2.05, 4.69) is 24.9 Å². The van der Waals surface area contributed by atoms with Gasteiger partial charge in [-0.2, -0.15) is 0 Å². The number of phosphoric acid groups is 1. The molecule has 3 fully saturated rings. The number of ether oxygens (including phenoxy) is 2. The molecular formula is C21H20F2N8O11P2S-2. The lowest BCUT2D eigenvalue weighted by atomic mass is 10.1. The van der Waals surface area contributed by atoms with E-state index in [1.165, 1.54) is 0 Å². The SMILES string of the molecule is Nc1ncnc2c1ncn2[C@@H]1O[C@@H]2COP(=O)([O-])O[C@@H]3[C@H](O)[C@@H](COP([O-])(=S)O[C@H]2[C@H]1F)O[C@H]3n1cc(F)c2c(=O)[nH]cnc21. The second kappa shape index (κ2) is 11.1. The number of nitrogens with two attached hydrogens (primary N) is 1. The van der Waals surface area contributed by atoms with E-state index in [4.69, 9.17) is 45.1 Å². The Morgan fingerprint density at radius 1 is 1.04 bits per heavy atom. The number of phosphoric ester groups is 1. The molecule has 242 valence electrons. The Hall–Kier alpha value is -2.85. The van der Waals surface area contributed by atoms with Crippen molar-refractivity contribution in [2.24, 2.45) is 0 Å². The van der Waals surface area contributed by atoms with Gasteiger partial charge in [-0.3, -0.25) is 13.9 Å². The molecule has 0 spiro atoms. The molecule has 2 bridgehead atoms. The maximum atomic E-state index is 15.9. The lowest BCUT2D eigenvalue weighted by molar-refractivity contribution is -0.238. The molecule has 4 aromatic rings. The van der Waals surface area contributed by atoms with Crippen LogP contribution in [0.5, 0.6) is 0 Å². The topological polar surface area (TPSA) is 259 Å². The van der Waals surface area contributed by atoms with Gasteiger partial charge in [-0.25, -0.2) is 28.7 Å². The molecule has 45 heavy (non-hydrogen) atoms. The van der Waals surface area contributed by atoms with E-state index in [1.807, 2.05) is 0 Å². The van der Waals surface area contributed by atoms with Crippen LogP contribution in [0.3, 0.4) is 0 Å². The highest BCUT2D eigenvalue weighted by Gasteiger charge is 2.52. The predicted octanol–water partition coefficient (Wildman–Crippen LogP) is -1.35. The molecule has 2 unspecified atom stereocenters. The Labute approximate surface area is 253 Å². The molecule has 3 saturated heterocycles. The zero-order chi connectivity index (χ0) is 31.8. The number of aromatic nitrogens is 7. The number of anilines is 1. The third kappa shape index (κ3) is 5.39. The van der Waals surface area contributed by atoms with Gasteiger partial charge in [-0.1, -0.05) is 11.8 Å². The average Bonchev–Trinajstić information content (AvgIpc) is 3.71. The van der Waals surface area contributed by atoms with Crippen molar-refractivity contribution in [3.05, 3.63) is 41.3 Å². The summed E-state index contributed by atoms with van der Waals surface area (Å²) in [6.45, 7) is -6.34. The number of fused-ring (bicyclic) bond motifs is 5. The summed E-state index contributed by atoms with van der Waals surface area (Å²) in [6.07, 6.45) is -9.86. The number of aliphatic hydroxyl groups excluding tert-OH is 1. The van der Waals surface area contributed by atoms with Crippen LogP contribution in [0.4, 0.5) is 14.6 Å². The minimum atomic E-state index is -5.42. The van der Waals surface area contributed by atoms with Crippen LogP contribution in [0, 0.1) is 5.82 Å². The summed E-state index contributed by atoms with van der Waals surface area (Å²) in [5, 5.41) is 10.5. The van der Waals surface area contributed by atoms with Crippen LogP contribution in [0.15, 0.2) is 30.0 Å². The molecule has 19 nitrogen and oxygen atoms in total. The highest BCUT2D eigenvalue weighted by molar-refractivity contribution is 8.06. The van der Waals surface area contributed by atoms with Gasteiger partial charge in [0.05, 0.1) is 25.9 Å². The standard InChI is InChI=1S/C21H22F2N8O11P2S/c22-7-1-30(17-10(7)19(33)28-5-26-17)21-15-13(32)8(39-21)2-38-44(36,45)42-14-9(3-37-43(34,35)41-15)40-20(11(14)23)31-6-29-12-16(24)25-4-27-18(12)31/h1,4-6,8-9,11,13-15,20-21,32H,2-3H2,(H,34,35)(H,36,45)(H2,24,25,27)(H,26,28,33)/p-2/t8-,9-,11-,13-,14-,15-,20-,21-,44?/m1/s1. The van der Waals surface area contributed by atoms with E-state index in [-0.39, 0.29) is 22.6 Å². The Kier molecular flexibility index (Phi) is 7.62. The Morgan fingerprint density at radius 2 is 1.80 bits per heavy atom. The Balaban J connectivity index is 1.21. The third-order valence-electron chi connectivity index (χ3n) is 7.38. The van der Waals surface area contributed by atoms with Crippen LogP contribution in [0.2, 0.25) is 0 Å². The van der Waals surface area contributed by atoms with Crippen LogP contribution in [-0.2, 0) is 43.9 Å². The molecule has 4 N–H and O–H groups in total. The minimum absolute atomic E-state index is 0.00207. The zero-order valence-corrected chi connectivity index (χ0v) is 24.8. The van der Waals surface area contributed by atoms with Gasteiger partial charge < -0.3 is 57.7 Å². The van der Waals surface area contributed by atoms with E-state index < -0.39 is 93.7 Å². The van der Waals surface area contributed by atoms with E-state index in [0.29, 0.717) is 0 Å². The van der Waals surface area contributed by atoms with Crippen LogP contribution in [0.25, 0.3) is 22.2 Å². The van der Waals surface area contributed by atoms with E-state index in [1.54, 1.807) is 0 Å². The van der Waals surface area contributed by atoms with Crippen molar-refractivity contribution in [1.29, 1.82) is 0 Å². The summed E-state index contributed by atoms with van der Waals surface area (Å²) < 4.78 is 78.0. The van der Waals surface area contributed by atoms with Gasteiger partial charge in [0.15, 0.2) is 41.6 Å². The van der Waals surface area contributed by atoms with Crippen molar-refractivity contribution in [3.8, 4) is 0 Å². The van der Waals surface area contributed by atoms with E-state index in [0.717, 1.165) is 34.3 Å². The first kappa shape index (κ1) is 30.8. The van der Waals surface area contributed by atoms with Gasteiger partial charge in [0.2, 0.25) is 0 Å². The zero-order valence-electron chi connectivity index (χ0n) is 22.2. The first-order valence-electron chi connectivity index (χ1n) is 12.9.